The highest BCUT2D eigenvalue weighted by Gasteiger charge is 2.24. The minimum Gasteiger partial charge on any atom is -0.627 e. The predicted molar refractivity (Wildman–Crippen MR) is 60.7 cm³/mol. The molecule has 0 bridgehead atoms. The van der Waals surface area contributed by atoms with Gasteiger partial charge in [-0.3, -0.25) is 0 Å². The molecule has 0 spiro atoms. The van der Waals surface area contributed by atoms with Crippen LogP contribution < -0.4 is 19.3 Å². The molecule has 1 N–H and O–H groups in total. The molecule has 94 valence electrons. The van der Waals surface area contributed by atoms with Gasteiger partial charge in [0.25, 0.3) is 0 Å². The number of nitrogens with one attached hydrogen (secondary N) is 1. The molecule has 17 heavy (non-hydrogen) atoms. The molecule has 0 aliphatic heterocycles. The fraction of sp³-hybridized carbons (Fsp3) is 0.364. The Morgan fingerprint density at radius 3 is 1.88 bits per heavy atom. The van der Waals surface area contributed by atoms with E-state index >= 15 is 0 Å². The standard InChI is InChI=1S/C11H15NO5/c1-12(14)11(13)10-8(16-3)5-7(15-2)6-9(10)17-4/h5-6,12H,1-4H3. The smallest absolute Gasteiger partial charge is 0.351 e. The number of hydroxylamine groups is 2. The lowest BCUT2D eigenvalue weighted by Gasteiger charge is -2.18. The number of carbonyl (C=O) groups excluding carboxylic acids is 1. The maximum Gasteiger partial charge on any atom is 0.351 e. The summed E-state index contributed by atoms with van der Waals surface area (Å²) in [5.41, 5.74) is 0.114. The van der Waals surface area contributed by atoms with Crippen molar-refractivity contribution >= 4 is 5.91 Å². The summed E-state index contributed by atoms with van der Waals surface area (Å²) in [4.78, 5) is 11.8. The van der Waals surface area contributed by atoms with Gasteiger partial charge < -0.3 is 24.5 Å². The Morgan fingerprint density at radius 2 is 1.59 bits per heavy atom. The third kappa shape index (κ3) is 2.66. The molecule has 0 heterocycles. The van der Waals surface area contributed by atoms with Gasteiger partial charge in [-0.2, -0.15) is 0 Å². The van der Waals surface area contributed by atoms with E-state index in [0.717, 1.165) is 0 Å². The van der Waals surface area contributed by atoms with E-state index in [4.69, 9.17) is 14.2 Å². The lowest BCUT2D eigenvalue weighted by molar-refractivity contribution is -0.732. The van der Waals surface area contributed by atoms with Crippen LogP contribution in [0.3, 0.4) is 0 Å². The van der Waals surface area contributed by atoms with Crippen LogP contribution in [0.15, 0.2) is 12.1 Å². The van der Waals surface area contributed by atoms with E-state index in [1.165, 1.54) is 40.5 Å². The van der Waals surface area contributed by atoms with Crippen LogP contribution in [-0.2, 0) is 0 Å². The van der Waals surface area contributed by atoms with Gasteiger partial charge in [-0.05, 0) is 0 Å². The number of methoxy groups -OCH3 is 3. The second-order valence-electron chi connectivity index (χ2n) is 3.29. The van der Waals surface area contributed by atoms with Crippen molar-refractivity contribution in [2.24, 2.45) is 0 Å². The average molecular weight is 241 g/mol. The van der Waals surface area contributed by atoms with Crippen molar-refractivity contribution in [1.82, 2.24) is 0 Å². The molecule has 0 radical (unpaired) electrons. The molecule has 1 unspecified atom stereocenters. The summed E-state index contributed by atoms with van der Waals surface area (Å²) in [6.07, 6.45) is 0. The van der Waals surface area contributed by atoms with Crippen LogP contribution in [0, 0.1) is 5.21 Å². The highest BCUT2D eigenvalue weighted by atomic mass is 16.5. The van der Waals surface area contributed by atoms with E-state index in [0.29, 0.717) is 5.75 Å². The quantitative estimate of drug-likeness (QED) is 0.743. The number of ether oxygens (including phenoxy) is 3. The van der Waals surface area contributed by atoms with Crippen LogP contribution in [0.25, 0.3) is 0 Å². The molecule has 1 aromatic carbocycles. The number of rotatable bonds is 4. The molecular formula is C11H15NO5. The Morgan fingerprint density at radius 1 is 1.12 bits per heavy atom. The summed E-state index contributed by atoms with van der Waals surface area (Å²) in [7, 11) is 5.50. The molecule has 1 rings (SSSR count). The summed E-state index contributed by atoms with van der Waals surface area (Å²) >= 11 is 0. The molecule has 0 aliphatic carbocycles. The summed E-state index contributed by atoms with van der Waals surface area (Å²) in [5, 5.41) is 10.6. The zero-order chi connectivity index (χ0) is 13.0. The maximum absolute atomic E-state index is 11.8. The van der Waals surface area contributed by atoms with Crippen molar-refractivity contribution in [2.45, 2.75) is 0 Å². The molecule has 1 amide bonds. The summed E-state index contributed by atoms with van der Waals surface area (Å²) in [6.45, 7) is 0. The molecule has 6 nitrogen and oxygen atoms in total. The van der Waals surface area contributed by atoms with Crippen LogP contribution in [0.2, 0.25) is 0 Å². The molecule has 0 aromatic heterocycles. The number of carbonyl (C=O) groups is 1. The van der Waals surface area contributed by atoms with Crippen molar-refractivity contribution in [3.05, 3.63) is 22.9 Å². The van der Waals surface area contributed by atoms with Gasteiger partial charge in [-0.1, -0.05) is 0 Å². The zero-order valence-electron chi connectivity index (χ0n) is 10.2. The van der Waals surface area contributed by atoms with E-state index in [1.807, 2.05) is 0 Å². The number of benzene rings is 1. The summed E-state index contributed by atoms with van der Waals surface area (Å²) < 4.78 is 15.2. The second kappa shape index (κ2) is 5.51. The summed E-state index contributed by atoms with van der Waals surface area (Å²) in [6, 6.07) is 3.05. The number of hydrogen-bond donors (Lipinski definition) is 1. The first-order chi connectivity index (χ1) is 8.04. The molecule has 0 saturated carbocycles. The second-order valence-corrected chi connectivity index (χ2v) is 3.29. The van der Waals surface area contributed by atoms with Gasteiger partial charge in [-0.25, -0.2) is 4.79 Å². The number of amides is 1. The minimum absolute atomic E-state index is 0.114. The van der Waals surface area contributed by atoms with E-state index in [2.05, 4.69) is 0 Å². The van der Waals surface area contributed by atoms with Crippen LogP contribution in [0.1, 0.15) is 10.4 Å². The van der Waals surface area contributed by atoms with Crippen molar-refractivity contribution in [3.63, 3.8) is 0 Å². The highest BCUT2D eigenvalue weighted by Crippen LogP contribution is 2.33. The van der Waals surface area contributed by atoms with Gasteiger partial charge >= 0.3 is 5.91 Å². The van der Waals surface area contributed by atoms with Crippen LogP contribution in [-0.4, -0.2) is 34.3 Å². The maximum atomic E-state index is 11.8. The Hall–Kier alpha value is -1.79. The van der Waals surface area contributed by atoms with E-state index < -0.39 is 11.0 Å². The monoisotopic (exact) mass is 241 g/mol. The molecule has 0 saturated heterocycles. The Labute approximate surface area is 99.3 Å². The molecular weight excluding hydrogens is 226 g/mol. The molecule has 6 heteroatoms. The highest BCUT2D eigenvalue weighted by molar-refractivity contribution is 5.94. The van der Waals surface area contributed by atoms with Crippen molar-refractivity contribution in [1.29, 1.82) is 0 Å². The zero-order valence-corrected chi connectivity index (χ0v) is 10.2. The lowest BCUT2D eigenvalue weighted by Crippen LogP contribution is -3.06. The van der Waals surface area contributed by atoms with Gasteiger partial charge in [0.2, 0.25) is 0 Å². The third-order valence-electron chi connectivity index (χ3n) is 2.26. The van der Waals surface area contributed by atoms with Gasteiger partial charge in [0.15, 0.2) is 5.56 Å². The first-order valence-electron chi connectivity index (χ1n) is 4.90. The Kier molecular flexibility index (Phi) is 4.30. The van der Waals surface area contributed by atoms with E-state index in [-0.39, 0.29) is 17.1 Å². The minimum atomic E-state index is -0.652. The average Bonchev–Trinajstić information content (AvgIpc) is 2.35. The van der Waals surface area contributed by atoms with E-state index in [1.54, 1.807) is 0 Å². The fourth-order valence-electron chi connectivity index (χ4n) is 1.41. The van der Waals surface area contributed by atoms with Crippen LogP contribution >= 0.6 is 0 Å². The predicted octanol–water partition coefficient (Wildman–Crippen LogP) is -0.135. The van der Waals surface area contributed by atoms with Crippen molar-refractivity contribution < 1.29 is 24.1 Å². The summed E-state index contributed by atoms with van der Waals surface area (Å²) in [5.74, 6) is 0.336. The Bertz CT molecular complexity index is 391. The van der Waals surface area contributed by atoms with Gasteiger partial charge in [0.05, 0.1) is 28.4 Å². The third-order valence-corrected chi connectivity index (χ3v) is 2.26. The first-order valence-corrected chi connectivity index (χ1v) is 4.90. The van der Waals surface area contributed by atoms with Crippen molar-refractivity contribution in [3.8, 4) is 17.2 Å². The van der Waals surface area contributed by atoms with Gasteiger partial charge in [0.1, 0.15) is 17.2 Å². The molecule has 0 fully saturated rings. The SMILES string of the molecule is COc1cc(OC)c(C(=O)[NH+](C)[O-])c(OC)c1. The molecule has 1 atom stereocenters. The molecule has 1 aromatic rings. The normalized spacial score (nSPS) is 11.8. The first kappa shape index (κ1) is 13.3. The van der Waals surface area contributed by atoms with Gasteiger partial charge in [-0.15, -0.1) is 0 Å². The number of hydrogen-bond acceptors (Lipinski definition) is 5. The number of quaternary nitrogens is 1. The van der Waals surface area contributed by atoms with Crippen LogP contribution in [0.5, 0.6) is 17.2 Å². The fourth-order valence-corrected chi connectivity index (χ4v) is 1.41. The Balaban J connectivity index is 3.39. The molecule has 0 aliphatic rings. The topological polar surface area (TPSA) is 72.3 Å². The van der Waals surface area contributed by atoms with E-state index in [9.17, 15) is 10.0 Å². The van der Waals surface area contributed by atoms with Crippen LogP contribution in [0.4, 0.5) is 0 Å². The van der Waals surface area contributed by atoms with Gasteiger partial charge in [0, 0.05) is 12.1 Å². The largest absolute Gasteiger partial charge is 0.627 e. The van der Waals surface area contributed by atoms with Crippen molar-refractivity contribution in [2.75, 3.05) is 28.4 Å². The lowest BCUT2D eigenvalue weighted by atomic mass is 10.1.